The molecule has 0 saturated heterocycles. The number of carbonyl (C=O) groups is 2. The first-order chi connectivity index (χ1) is 12.5. The van der Waals surface area contributed by atoms with E-state index in [0.29, 0.717) is 28.0 Å². The van der Waals surface area contributed by atoms with Crippen molar-refractivity contribution in [3.05, 3.63) is 47.7 Å². The van der Waals surface area contributed by atoms with Crippen LogP contribution >= 0.6 is 0 Å². The number of amides is 2. The highest BCUT2D eigenvalue weighted by atomic mass is 16.5. The number of carbonyl (C=O) groups excluding carboxylic acids is 2. The Bertz CT molecular complexity index is 966. The molecule has 0 unspecified atom stereocenters. The van der Waals surface area contributed by atoms with Gasteiger partial charge in [-0.2, -0.15) is 5.10 Å². The maximum atomic E-state index is 12.7. The number of rotatable bonds is 3. The molecule has 0 aliphatic heterocycles. The highest BCUT2D eigenvalue weighted by molar-refractivity contribution is 6.07. The molecule has 2 N–H and O–H groups in total. The summed E-state index contributed by atoms with van der Waals surface area (Å²) in [5.41, 5.74) is 7.74. The first-order valence-electron chi connectivity index (χ1n) is 8.14. The summed E-state index contributed by atoms with van der Waals surface area (Å²) in [5, 5.41) is 4.99. The lowest BCUT2D eigenvalue weighted by Gasteiger charge is -2.10. The van der Waals surface area contributed by atoms with Crippen molar-refractivity contribution in [2.24, 2.45) is 7.05 Å². The number of benzene rings is 1. The largest absolute Gasteiger partial charge is 0.449 e. The van der Waals surface area contributed by atoms with Crippen molar-refractivity contribution in [3.63, 3.8) is 0 Å². The predicted molar refractivity (Wildman–Crippen MR) is 96.3 cm³/mol. The fourth-order valence-corrected chi connectivity index (χ4v) is 2.72. The summed E-state index contributed by atoms with van der Waals surface area (Å²) in [5.74, 6) is -0.473. The number of nitrogens with one attached hydrogen (secondary N) is 2. The van der Waals surface area contributed by atoms with Gasteiger partial charge in [-0.25, -0.2) is 15.2 Å². The third kappa shape index (κ3) is 3.34. The van der Waals surface area contributed by atoms with Gasteiger partial charge in [0, 0.05) is 12.6 Å². The molecule has 8 heteroatoms. The van der Waals surface area contributed by atoms with Crippen molar-refractivity contribution in [1.29, 1.82) is 0 Å². The molecule has 2 heterocycles. The van der Waals surface area contributed by atoms with Gasteiger partial charge < -0.3 is 4.74 Å². The van der Waals surface area contributed by atoms with Crippen LogP contribution in [-0.2, 0) is 11.8 Å². The van der Waals surface area contributed by atoms with Gasteiger partial charge in [0.1, 0.15) is 0 Å². The second kappa shape index (κ2) is 7.22. The highest BCUT2D eigenvalue weighted by Crippen LogP contribution is 2.26. The molecule has 2 aromatic heterocycles. The molecule has 0 aliphatic rings. The number of aromatic nitrogens is 3. The van der Waals surface area contributed by atoms with Crippen LogP contribution in [0.4, 0.5) is 4.79 Å². The number of hydrazine groups is 1. The highest BCUT2D eigenvalue weighted by Gasteiger charge is 2.19. The quantitative estimate of drug-likeness (QED) is 0.704. The summed E-state index contributed by atoms with van der Waals surface area (Å²) in [6.45, 7) is 3.70. The number of ether oxygens (including phenoxy) is 1. The van der Waals surface area contributed by atoms with Crippen molar-refractivity contribution in [2.75, 3.05) is 6.61 Å². The van der Waals surface area contributed by atoms with E-state index in [4.69, 9.17) is 4.74 Å². The Balaban J connectivity index is 2.05. The van der Waals surface area contributed by atoms with E-state index in [0.717, 1.165) is 5.56 Å². The SMILES string of the molecule is CCOC(=O)NNC(=O)c1cc(-c2ccccc2)nc2c1c(C)nn2C. The zero-order chi connectivity index (χ0) is 18.7. The van der Waals surface area contributed by atoms with E-state index in [1.54, 1.807) is 24.7 Å². The Morgan fingerprint density at radius 1 is 1.19 bits per heavy atom. The van der Waals surface area contributed by atoms with Crippen LogP contribution in [-0.4, -0.2) is 33.4 Å². The smallest absolute Gasteiger partial charge is 0.426 e. The molecule has 0 fully saturated rings. The van der Waals surface area contributed by atoms with Crippen LogP contribution in [0.25, 0.3) is 22.3 Å². The Morgan fingerprint density at radius 2 is 1.92 bits per heavy atom. The van der Waals surface area contributed by atoms with Crippen LogP contribution in [0.15, 0.2) is 36.4 Å². The van der Waals surface area contributed by atoms with Gasteiger partial charge in [-0.1, -0.05) is 30.3 Å². The monoisotopic (exact) mass is 353 g/mol. The van der Waals surface area contributed by atoms with Gasteiger partial charge in [-0.05, 0) is 19.9 Å². The van der Waals surface area contributed by atoms with E-state index >= 15 is 0 Å². The number of fused-ring (bicyclic) bond motifs is 1. The molecule has 0 aliphatic carbocycles. The van der Waals surface area contributed by atoms with Gasteiger partial charge in [0.15, 0.2) is 5.65 Å². The molecular formula is C18H19N5O3. The van der Waals surface area contributed by atoms with Crippen molar-refractivity contribution in [1.82, 2.24) is 25.6 Å². The van der Waals surface area contributed by atoms with Crippen LogP contribution < -0.4 is 10.9 Å². The lowest BCUT2D eigenvalue weighted by Crippen LogP contribution is -2.42. The first-order valence-corrected chi connectivity index (χ1v) is 8.14. The second-order valence-corrected chi connectivity index (χ2v) is 5.63. The normalized spacial score (nSPS) is 10.6. The average molecular weight is 353 g/mol. The number of hydrogen-bond donors (Lipinski definition) is 2. The lowest BCUT2D eigenvalue weighted by atomic mass is 10.1. The molecule has 8 nitrogen and oxygen atoms in total. The molecule has 134 valence electrons. The third-order valence-corrected chi connectivity index (χ3v) is 3.84. The molecule has 0 radical (unpaired) electrons. The Morgan fingerprint density at radius 3 is 2.62 bits per heavy atom. The fraction of sp³-hybridized carbons (Fsp3) is 0.222. The predicted octanol–water partition coefficient (Wildman–Crippen LogP) is 2.33. The topological polar surface area (TPSA) is 98.1 Å². The van der Waals surface area contributed by atoms with Gasteiger partial charge in [0.25, 0.3) is 5.91 Å². The van der Waals surface area contributed by atoms with Crippen molar-refractivity contribution in [2.45, 2.75) is 13.8 Å². The summed E-state index contributed by atoms with van der Waals surface area (Å²) in [6, 6.07) is 11.2. The molecule has 0 saturated carbocycles. The van der Waals surface area contributed by atoms with Crippen LogP contribution in [0.1, 0.15) is 23.0 Å². The Labute approximate surface area is 150 Å². The van der Waals surface area contributed by atoms with E-state index in [1.807, 2.05) is 37.3 Å². The minimum absolute atomic E-state index is 0.209. The molecule has 26 heavy (non-hydrogen) atoms. The Hall–Kier alpha value is -3.42. The first kappa shape index (κ1) is 17.4. The third-order valence-electron chi connectivity index (χ3n) is 3.84. The molecule has 1 aromatic carbocycles. The van der Waals surface area contributed by atoms with E-state index in [1.165, 1.54) is 0 Å². The van der Waals surface area contributed by atoms with Crippen LogP contribution in [0.3, 0.4) is 0 Å². The van der Waals surface area contributed by atoms with Gasteiger partial charge in [-0.15, -0.1) is 0 Å². The average Bonchev–Trinajstić information content (AvgIpc) is 2.94. The molecule has 3 aromatic rings. The zero-order valence-electron chi connectivity index (χ0n) is 14.7. The standard InChI is InChI=1S/C18H19N5O3/c1-4-26-18(25)21-20-17(24)13-10-14(12-8-6-5-7-9-12)19-16-15(13)11(2)22-23(16)3/h5-10H,4H2,1-3H3,(H,20,24)(H,21,25). The minimum Gasteiger partial charge on any atom is -0.449 e. The molecule has 0 spiro atoms. The van der Waals surface area contributed by atoms with Gasteiger partial charge in [-0.3, -0.25) is 14.9 Å². The summed E-state index contributed by atoms with van der Waals surface area (Å²) in [6.07, 6.45) is -0.725. The van der Waals surface area contributed by atoms with Crippen molar-refractivity contribution in [3.8, 4) is 11.3 Å². The minimum atomic E-state index is -0.725. The van der Waals surface area contributed by atoms with E-state index in [-0.39, 0.29) is 6.61 Å². The molecular weight excluding hydrogens is 334 g/mol. The molecule has 2 amide bonds. The number of hydrogen-bond acceptors (Lipinski definition) is 5. The van der Waals surface area contributed by atoms with Crippen LogP contribution in [0, 0.1) is 6.92 Å². The number of nitrogens with zero attached hydrogens (tertiary/aromatic N) is 3. The van der Waals surface area contributed by atoms with Gasteiger partial charge in [0.2, 0.25) is 0 Å². The lowest BCUT2D eigenvalue weighted by molar-refractivity contribution is 0.0914. The summed E-state index contributed by atoms with van der Waals surface area (Å²) >= 11 is 0. The Kier molecular flexibility index (Phi) is 4.83. The van der Waals surface area contributed by atoms with Gasteiger partial charge >= 0.3 is 6.09 Å². The van der Waals surface area contributed by atoms with Crippen molar-refractivity contribution < 1.29 is 14.3 Å². The maximum Gasteiger partial charge on any atom is 0.426 e. The number of pyridine rings is 1. The van der Waals surface area contributed by atoms with Crippen LogP contribution in [0.5, 0.6) is 0 Å². The maximum absolute atomic E-state index is 12.7. The summed E-state index contributed by atoms with van der Waals surface area (Å²) in [4.78, 5) is 28.7. The molecule has 0 atom stereocenters. The summed E-state index contributed by atoms with van der Waals surface area (Å²) < 4.78 is 6.37. The molecule has 0 bridgehead atoms. The van der Waals surface area contributed by atoms with Gasteiger partial charge in [0.05, 0.1) is 28.9 Å². The second-order valence-electron chi connectivity index (χ2n) is 5.63. The van der Waals surface area contributed by atoms with E-state index in [2.05, 4.69) is 20.9 Å². The molecule has 3 rings (SSSR count). The number of aryl methyl sites for hydroxylation is 2. The van der Waals surface area contributed by atoms with Crippen LogP contribution in [0.2, 0.25) is 0 Å². The van der Waals surface area contributed by atoms with Crippen molar-refractivity contribution >= 4 is 23.0 Å². The summed E-state index contributed by atoms with van der Waals surface area (Å²) in [7, 11) is 1.77. The van der Waals surface area contributed by atoms with E-state index in [9.17, 15) is 9.59 Å². The fourth-order valence-electron chi connectivity index (χ4n) is 2.72. The van der Waals surface area contributed by atoms with E-state index < -0.39 is 12.0 Å². The zero-order valence-corrected chi connectivity index (χ0v) is 14.7.